The van der Waals surface area contributed by atoms with E-state index in [2.05, 4.69) is 5.32 Å². The summed E-state index contributed by atoms with van der Waals surface area (Å²) in [5, 5.41) is 3.27. The maximum Gasteiger partial charge on any atom is 0.0700 e. The summed E-state index contributed by atoms with van der Waals surface area (Å²) in [5.41, 5.74) is 0.680. The van der Waals surface area contributed by atoms with Gasteiger partial charge < -0.3 is 5.32 Å². The van der Waals surface area contributed by atoms with E-state index in [1.807, 2.05) is 0 Å². The standard InChI is InChI=1S/C6H10BN/c7-5-1-6(2-5)3-8-4-6/h5,8H,1-4H2. The summed E-state index contributed by atoms with van der Waals surface area (Å²) >= 11 is 0. The fraction of sp³-hybridized carbons (Fsp3) is 1.00. The van der Waals surface area contributed by atoms with Crippen LogP contribution in [0.1, 0.15) is 12.8 Å². The molecule has 42 valence electrons. The predicted octanol–water partition coefficient (Wildman–Crippen LogP) is 0.327. The molecule has 0 aromatic heterocycles. The lowest BCUT2D eigenvalue weighted by atomic mass is 9.52. The van der Waals surface area contributed by atoms with Crippen LogP contribution in [-0.2, 0) is 0 Å². The highest BCUT2D eigenvalue weighted by atomic mass is 15.0. The summed E-state index contributed by atoms with van der Waals surface area (Å²) in [6.45, 7) is 2.45. The normalized spacial score (nSPS) is 34.0. The molecule has 2 radical (unpaired) electrons. The summed E-state index contributed by atoms with van der Waals surface area (Å²) in [6.07, 6.45) is 2.53. The molecule has 2 heteroatoms. The zero-order chi connectivity index (χ0) is 5.61. The van der Waals surface area contributed by atoms with Gasteiger partial charge in [0.05, 0.1) is 7.85 Å². The van der Waals surface area contributed by atoms with Gasteiger partial charge in [-0.15, -0.1) is 0 Å². The minimum Gasteiger partial charge on any atom is -0.316 e. The second-order valence-corrected chi connectivity index (χ2v) is 3.27. The summed E-state index contributed by atoms with van der Waals surface area (Å²) in [5.74, 6) is 0.525. The zero-order valence-corrected chi connectivity index (χ0v) is 4.98. The zero-order valence-electron chi connectivity index (χ0n) is 4.98. The molecule has 1 spiro atoms. The Morgan fingerprint density at radius 2 is 2.00 bits per heavy atom. The van der Waals surface area contributed by atoms with Crippen molar-refractivity contribution in [1.82, 2.24) is 5.32 Å². The maximum atomic E-state index is 5.64. The van der Waals surface area contributed by atoms with Crippen LogP contribution in [0.15, 0.2) is 0 Å². The van der Waals surface area contributed by atoms with Crippen molar-refractivity contribution < 1.29 is 0 Å². The van der Waals surface area contributed by atoms with Crippen LogP contribution in [0.25, 0.3) is 0 Å². The smallest absolute Gasteiger partial charge is 0.0700 e. The van der Waals surface area contributed by atoms with E-state index in [9.17, 15) is 0 Å². The molecule has 2 rings (SSSR count). The summed E-state index contributed by atoms with van der Waals surface area (Å²) in [6, 6.07) is 0. The molecule has 1 heterocycles. The van der Waals surface area contributed by atoms with E-state index < -0.39 is 0 Å². The molecule has 0 aromatic rings. The lowest BCUT2D eigenvalue weighted by Crippen LogP contribution is -2.58. The molecule has 0 unspecified atom stereocenters. The van der Waals surface area contributed by atoms with Crippen LogP contribution >= 0.6 is 0 Å². The topological polar surface area (TPSA) is 12.0 Å². The largest absolute Gasteiger partial charge is 0.316 e. The Morgan fingerprint density at radius 3 is 2.12 bits per heavy atom. The third kappa shape index (κ3) is 0.468. The Morgan fingerprint density at radius 1 is 1.38 bits per heavy atom. The molecular formula is C6H10BN. The first-order valence-electron chi connectivity index (χ1n) is 3.27. The van der Waals surface area contributed by atoms with Gasteiger partial charge in [0.15, 0.2) is 0 Å². The van der Waals surface area contributed by atoms with Gasteiger partial charge in [0.1, 0.15) is 0 Å². The molecule has 1 nitrogen and oxygen atoms in total. The Kier molecular flexibility index (Phi) is 0.788. The number of hydrogen-bond donors (Lipinski definition) is 1. The third-order valence-electron chi connectivity index (χ3n) is 2.39. The predicted molar refractivity (Wildman–Crippen MR) is 34.0 cm³/mol. The monoisotopic (exact) mass is 107 g/mol. The molecule has 1 N–H and O–H groups in total. The van der Waals surface area contributed by atoms with Gasteiger partial charge in [-0.05, 0) is 5.41 Å². The lowest BCUT2D eigenvalue weighted by Gasteiger charge is -2.54. The Balaban J connectivity index is 1.92. The molecule has 0 atom stereocenters. The van der Waals surface area contributed by atoms with Gasteiger partial charge in [0.2, 0.25) is 0 Å². The van der Waals surface area contributed by atoms with Gasteiger partial charge in [0, 0.05) is 13.1 Å². The van der Waals surface area contributed by atoms with E-state index >= 15 is 0 Å². The highest BCUT2D eigenvalue weighted by molar-refractivity contribution is 6.12. The number of rotatable bonds is 0. The van der Waals surface area contributed by atoms with Crippen molar-refractivity contribution in [2.75, 3.05) is 13.1 Å². The maximum absolute atomic E-state index is 5.64. The van der Waals surface area contributed by atoms with Crippen molar-refractivity contribution >= 4 is 7.85 Å². The van der Waals surface area contributed by atoms with Crippen molar-refractivity contribution in [3.63, 3.8) is 0 Å². The number of nitrogens with one attached hydrogen (secondary N) is 1. The first-order chi connectivity index (χ1) is 3.81. The molecule has 2 aliphatic rings. The lowest BCUT2D eigenvalue weighted by molar-refractivity contribution is 0.0616. The Bertz CT molecular complexity index is 101. The second-order valence-electron chi connectivity index (χ2n) is 3.27. The highest BCUT2D eigenvalue weighted by Crippen LogP contribution is 2.50. The van der Waals surface area contributed by atoms with Gasteiger partial charge in [0.25, 0.3) is 0 Å². The second kappa shape index (κ2) is 1.30. The van der Waals surface area contributed by atoms with Crippen LogP contribution < -0.4 is 5.32 Å². The molecule has 1 saturated carbocycles. The molecule has 2 fully saturated rings. The molecule has 0 bridgehead atoms. The van der Waals surface area contributed by atoms with E-state index in [0.29, 0.717) is 11.2 Å². The van der Waals surface area contributed by atoms with Crippen molar-refractivity contribution in [2.24, 2.45) is 5.41 Å². The van der Waals surface area contributed by atoms with E-state index in [4.69, 9.17) is 7.85 Å². The quantitative estimate of drug-likeness (QED) is 0.439. The van der Waals surface area contributed by atoms with E-state index in [-0.39, 0.29) is 0 Å². The summed E-state index contributed by atoms with van der Waals surface area (Å²) in [7, 11) is 5.64. The Hall–Kier alpha value is 0.0249. The minimum absolute atomic E-state index is 0.525. The molecule has 1 saturated heterocycles. The van der Waals surface area contributed by atoms with Gasteiger partial charge in [-0.3, -0.25) is 0 Å². The van der Waals surface area contributed by atoms with Gasteiger partial charge in [-0.1, -0.05) is 18.7 Å². The van der Waals surface area contributed by atoms with E-state index in [0.717, 1.165) is 0 Å². The van der Waals surface area contributed by atoms with Crippen molar-refractivity contribution in [2.45, 2.75) is 18.7 Å². The minimum atomic E-state index is 0.525. The molecular weight excluding hydrogens is 96.9 g/mol. The van der Waals surface area contributed by atoms with E-state index in [1.54, 1.807) is 0 Å². The molecule has 0 amide bonds. The highest BCUT2D eigenvalue weighted by Gasteiger charge is 2.45. The molecule has 1 aliphatic carbocycles. The van der Waals surface area contributed by atoms with Gasteiger partial charge >= 0.3 is 0 Å². The number of hydrogen-bond acceptors (Lipinski definition) is 1. The summed E-state index contributed by atoms with van der Waals surface area (Å²) in [4.78, 5) is 0. The third-order valence-corrected chi connectivity index (χ3v) is 2.39. The first-order valence-corrected chi connectivity index (χ1v) is 3.27. The van der Waals surface area contributed by atoms with Crippen molar-refractivity contribution in [3.8, 4) is 0 Å². The van der Waals surface area contributed by atoms with E-state index in [1.165, 1.54) is 25.9 Å². The van der Waals surface area contributed by atoms with Crippen LogP contribution in [0.4, 0.5) is 0 Å². The molecule has 8 heavy (non-hydrogen) atoms. The van der Waals surface area contributed by atoms with Crippen LogP contribution in [0.3, 0.4) is 0 Å². The van der Waals surface area contributed by atoms with Gasteiger partial charge in [-0.25, -0.2) is 0 Å². The fourth-order valence-electron chi connectivity index (χ4n) is 1.82. The molecule has 1 aliphatic heterocycles. The van der Waals surface area contributed by atoms with Crippen LogP contribution in [0.2, 0.25) is 5.82 Å². The van der Waals surface area contributed by atoms with Crippen LogP contribution in [-0.4, -0.2) is 20.9 Å². The van der Waals surface area contributed by atoms with Crippen molar-refractivity contribution in [1.29, 1.82) is 0 Å². The summed E-state index contributed by atoms with van der Waals surface area (Å²) < 4.78 is 0. The van der Waals surface area contributed by atoms with Crippen LogP contribution in [0, 0.1) is 5.41 Å². The fourth-order valence-corrected chi connectivity index (χ4v) is 1.82. The SMILES string of the molecule is [B]C1CC2(CNC2)C1. The van der Waals surface area contributed by atoms with Crippen molar-refractivity contribution in [3.05, 3.63) is 0 Å². The average Bonchev–Trinajstić information content (AvgIpc) is 1.51. The van der Waals surface area contributed by atoms with Gasteiger partial charge in [-0.2, -0.15) is 0 Å². The first kappa shape index (κ1) is 4.86. The van der Waals surface area contributed by atoms with Crippen LogP contribution in [0.5, 0.6) is 0 Å². The Labute approximate surface area is 51.3 Å². The average molecular weight is 107 g/mol. The molecule has 0 aromatic carbocycles.